The average Bonchev–Trinajstić information content (AvgIpc) is 3.03. The zero-order valence-electron chi connectivity index (χ0n) is 15.0. The van der Waals surface area contributed by atoms with Gasteiger partial charge < -0.3 is 15.5 Å². The minimum atomic E-state index is -1.04. The summed E-state index contributed by atoms with van der Waals surface area (Å²) in [6.45, 7) is 1.88. The number of hydrogen-bond donors (Lipinski definition) is 3. The summed E-state index contributed by atoms with van der Waals surface area (Å²) in [5.41, 5.74) is 2.07. The molecule has 0 aliphatic rings. The molecular weight excluding hydrogens is 382 g/mol. The van der Waals surface area contributed by atoms with Crippen molar-refractivity contribution < 1.29 is 19.8 Å². The first kappa shape index (κ1) is 19.4. The van der Waals surface area contributed by atoms with Crippen LogP contribution in [0.4, 0.5) is 0 Å². The van der Waals surface area contributed by atoms with E-state index >= 15 is 0 Å². The van der Waals surface area contributed by atoms with Gasteiger partial charge in [-0.1, -0.05) is 47.5 Å². The molecule has 28 heavy (non-hydrogen) atoms. The Balaban J connectivity index is 1.86. The van der Waals surface area contributed by atoms with Crippen LogP contribution in [-0.2, 0) is 4.79 Å². The number of carbonyl (C=O) groups is 2. The predicted octanol–water partition coefficient (Wildman–Crippen LogP) is 3.49. The highest BCUT2D eigenvalue weighted by molar-refractivity contribution is 6.30. The molecule has 7 nitrogen and oxygen atoms in total. The maximum atomic E-state index is 12.6. The Hall–Kier alpha value is -3.32. The van der Waals surface area contributed by atoms with Gasteiger partial charge in [-0.2, -0.15) is 5.10 Å². The van der Waals surface area contributed by atoms with E-state index in [0.29, 0.717) is 16.3 Å². The molecule has 1 heterocycles. The molecule has 1 aromatic heterocycles. The van der Waals surface area contributed by atoms with Gasteiger partial charge in [0.15, 0.2) is 5.69 Å². The zero-order chi connectivity index (χ0) is 20.3. The van der Waals surface area contributed by atoms with E-state index in [0.717, 1.165) is 5.56 Å². The summed E-state index contributed by atoms with van der Waals surface area (Å²) in [5.74, 6) is -1.87. The minimum Gasteiger partial charge on any atom is -0.493 e. The number of carboxylic acid groups (broad SMARTS) is 1. The van der Waals surface area contributed by atoms with E-state index in [1.165, 1.54) is 10.7 Å². The van der Waals surface area contributed by atoms with Crippen LogP contribution in [0.15, 0.2) is 54.6 Å². The van der Waals surface area contributed by atoms with Crippen molar-refractivity contribution in [3.8, 4) is 11.6 Å². The van der Waals surface area contributed by atoms with E-state index in [1.54, 1.807) is 36.4 Å². The van der Waals surface area contributed by atoms with Gasteiger partial charge in [0.2, 0.25) is 5.88 Å². The first-order valence-corrected chi connectivity index (χ1v) is 8.85. The molecule has 0 saturated heterocycles. The number of halogens is 1. The molecule has 8 heteroatoms. The summed E-state index contributed by atoms with van der Waals surface area (Å²) in [6.07, 6.45) is -0.282. The van der Waals surface area contributed by atoms with E-state index < -0.39 is 17.9 Å². The third kappa shape index (κ3) is 4.50. The van der Waals surface area contributed by atoms with Crippen molar-refractivity contribution >= 4 is 23.5 Å². The van der Waals surface area contributed by atoms with Crippen LogP contribution in [0.25, 0.3) is 5.69 Å². The summed E-state index contributed by atoms with van der Waals surface area (Å²) in [4.78, 5) is 23.9. The van der Waals surface area contributed by atoms with Gasteiger partial charge in [0, 0.05) is 11.1 Å². The number of nitrogens with one attached hydrogen (secondary N) is 1. The molecule has 0 bridgehead atoms. The number of nitrogens with zero attached hydrogens (tertiary/aromatic N) is 2. The van der Waals surface area contributed by atoms with Crippen LogP contribution in [-0.4, -0.2) is 31.9 Å². The van der Waals surface area contributed by atoms with Crippen molar-refractivity contribution in [3.63, 3.8) is 0 Å². The molecular formula is C20H18ClN3O4. The fourth-order valence-electron chi connectivity index (χ4n) is 2.83. The van der Waals surface area contributed by atoms with Gasteiger partial charge >= 0.3 is 5.97 Å². The second-order valence-electron chi connectivity index (χ2n) is 6.32. The number of aromatic hydroxyl groups is 1. The monoisotopic (exact) mass is 399 g/mol. The van der Waals surface area contributed by atoms with E-state index in [1.807, 2.05) is 19.1 Å². The fourth-order valence-corrected chi connectivity index (χ4v) is 3.01. The standard InChI is InChI=1S/C20H18ClN3O4/c1-12-4-2-5-13(8-12)16(11-19(26)27)22-20(28)17-10-18(25)24(23-17)15-7-3-6-14(21)9-15/h2-10,16,25H,11H2,1H3,(H,22,28)(H,26,27)/t16-/m0/s1. The Morgan fingerprint density at radius 3 is 2.61 bits per heavy atom. The topological polar surface area (TPSA) is 104 Å². The van der Waals surface area contributed by atoms with Gasteiger partial charge in [0.05, 0.1) is 18.2 Å². The molecule has 0 aliphatic carbocycles. The highest BCUT2D eigenvalue weighted by Gasteiger charge is 2.22. The van der Waals surface area contributed by atoms with Gasteiger partial charge in [-0.3, -0.25) is 9.59 Å². The quantitative estimate of drug-likeness (QED) is 0.588. The average molecular weight is 400 g/mol. The summed E-state index contributed by atoms with van der Waals surface area (Å²) in [7, 11) is 0. The Bertz CT molecular complexity index is 1030. The zero-order valence-corrected chi connectivity index (χ0v) is 15.7. The molecule has 0 spiro atoms. The van der Waals surface area contributed by atoms with E-state index in [2.05, 4.69) is 10.4 Å². The number of aromatic nitrogens is 2. The van der Waals surface area contributed by atoms with Crippen LogP contribution in [0.1, 0.15) is 34.1 Å². The lowest BCUT2D eigenvalue weighted by atomic mass is 10.0. The lowest BCUT2D eigenvalue weighted by Gasteiger charge is -2.17. The molecule has 144 valence electrons. The van der Waals surface area contributed by atoms with Gasteiger partial charge in [-0.15, -0.1) is 0 Å². The number of rotatable bonds is 6. The van der Waals surface area contributed by atoms with E-state index in [-0.39, 0.29) is 18.0 Å². The second kappa shape index (κ2) is 8.14. The van der Waals surface area contributed by atoms with Crippen molar-refractivity contribution in [3.05, 3.63) is 76.4 Å². The number of carbonyl (C=O) groups excluding carboxylic acids is 1. The van der Waals surface area contributed by atoms with Crippen LogP contribution in [0.3, 0.4) is 0 Å². The first-order chi connectivity index (χ1) is 13.3. The van der Waals surface area contributed by atoms with Crippen LogP contribution in [0.2, 0.25) is 5.02 Å². The van der Waals surface area contributed by atoms with E-state index in [4.69, 9.17) is 11.6 Å². The molecule has 2 aromatic carbocycles. The molecule has 0 fully saturated rings. The van der Waals surface area contributed by atoms with Crippen molar-refractivity contribution in [2.45, 2.75) is 19.4 Å². The molecule has 0 unspecified atom stereocenters. The second-order valence-corrected chi connectivity index (χ2v) is 6.75. The van der Waals surface area contributed by atoms with Gasteiger partial charge in [-0.05, 0) is 30.7 Å². The number of amides is 1. The SMILES string of the molecule is Cc1cccc([C@H](CC(=O)O)NC(=O)c2cc(O)n(-c3cccc(Cl)c3)n2)c1. The van der Waals surface area contributed by atoms with Crippen molar-refractivity contribution in [1.82, 2.24) is 15.1 Å². The smallest absolute Gasteiger partial charge is 0.305 e. The van der Waals surface area contributed by atoms with Crippen molar-refractivity contribution in [2.24, 2.45) is 0 Å². The summed E-state index contributed by atoms with van der Waals surface area (Å²) >= 11 is 5.96. The van der Waals surface area contributed by atoms with Crippen molar-refractivity contribution in [1.29, 1.82) is 0 Å². The molecule has 3 aromatic rings. The number of benzene rings is 2. The summed E-state index contributed by atoms with van der Waals surface area (Å²) < 4.78 is 1.18. The molecule has 0 aliphatic heterocycles. The maximum Gasteiger partial charge on any atom is 0.305 e. The third-order valence-electron chi connectivity index (χ3n) is 4.10. The summed E-state index contributed by atoms with van der Waals surface area (Å²) in [6, 6.07) is 14.4. The van der Waals surface area contributed by atoms with E-state index in [9.17, 15) is 19.8 Å². The van der Waals surface area contributed by atoms with Crippen LogP contribution in [0, 0.1) is 6.92 Å². The lowest BCUT2D eigenvalue weighted by molar-refractivity contribution is -0.137. The van der Waals surface area contributed by atoms with Crippen molar-refractivity contribution in [2.75, 3.05) is 0 Å². The highest BCUT2D eigenvalue weighted by Crippen LogP contribution is 2.22. The summed E-state index contributed by atoms with van der Waals surface area (Å²) in [5, 5.41) is 26.6. The normalized spacial score (nSPS) is 11.8. The number of aliphatic carboxylic acids is 1. The Morgan fingerprint density at radius 1 is 1.18 bits per heavy atom. The third-order valence-corrected chi connectivity index (χ3v) is 4.34. The van der Waals surface area contributed by atoms with Gasteiger partial charge in [0.25, 0.3) is 5.91 Å². The van der Waals surface area contributed by atoms with Gasteiger partial charge in [0.1, 0.15) is 0 Å². The van der Waals surface area contributed by atoms with Crippen LogP contribution in [0.5, 0.6) is 5.88 Å². The molecule has 3 rings (SSSR count). The first-order valence-electron chi connectivity index (χ1n) is 8.47. The molecule has 1 atom stereocenters. The number of hydrogen-bond acceptors (Lipinski definition) is 4. The molecule has 1 amide bonds. The largest absolute Gasteiger partial charge is 0.493 e. The Kier molecular flexibility index (Phi) is 5.65. The number of carboxylic acids is 1. The van der Waals surface area contributed by atoms with Crippen LogP contribution < -0.4 is 5.32 Å². The molecule has 0 radical (unpaired) electrons. The lowest BCUT2D eigenvalue weighted by Crippen LogP contribution is -2.30. The number of aryl methyl sites for hydroxylation is 1. The maximum absolute atomic E-state index is 12.6. The predicted molar refractivity (Wildman–Crippen MR) is 104 cm³/mol. The molecule has 3 N–H and O–H groups in total. The fraction of sp³-hybridized carbons (Fsp3) is 0.150. The minimum absolute atomic E-state index is 0.0412. The van der Waals surface area contributed by atoms with Crippen LogP contribution >= 0.6 is 11.6 Å². The highest BCUT2D eigenvalue weighted by atomic mass is 35.5. The Morgan fingerprint density at radius 2 is 1.93 bits per heavy atom. The Labute approximate surface area is 166 Å². The molecule has 0 saturated carbocycles. The van der Waals surface area contributed by atoms with Gasteiger partial charge in [-0.25, -0.2) is 4.68 Å².